The van der Waals surface area contributed by atoms with Gasteiger partial charge < -0.3 is 9.88 Å². The molecule has 0 aliphatic carbocycles. The molecule has 1 N–H and O–H groups in total. The van der Waals surface area contributed by atoms with Crippen molar-refractivity contribution in [2.75, 3.05) is 5.32 Å². The third-order valence-electron chi connectivity index (χ3n) is 4.84. The van der Waals surface area contributed by atoms with Crippen molar-refractivity contribution >= 4 is 11.6 Å². The number of amides is 1. The predicted molar refractivity (Wildman–Crippen MR) is 120 cm³/mol. The first-order valence-corrected chi connectivity index (χ1v) is 10.1. The molecule has 0 atom stereocenters. The second-order valence-electron chi connectivity index (χ2n) is 7.53. The normalized spacial score (nSPS) is 10.9. The van der Waals surface area contributed by atoms with Gasteiger partial charge in [0.25, 0.3) is 11.5 Å². The fourth-order valence-corrected chi connectivity index (χ4v) is 3.38. The molecule has 0 unspecified atom stereocenters. The summed E-state index contributed by atoms with van der Waals surface area (Å²) >= 11 is 0. The van der Waals surface area contributed by atoms with Crippen LogP contribution in [0.4, 0.5) is 5.69 Å². The first-order chi connectivity index (χ1) is 15.0. The van der Waals surface area contributed by atoms with Crippen molar-refractivity contribution in [2.45, 2.75) is 26.3 Å². The number of hydrogen-bond donors (Lipinski definition) is 1. The van der Waals surface area contributed by atoms with Gasteiger partial charge in [0.05, 0.1) is 5.69 Å². The zero-order valence-electron chi connectivity index (χ0n) is 17.4. The molecule has 0 radical (unpaired) electrons. The highest BCUT2D eigenvalue weighted by Crippen LogP contribution is 2.17. The summed E-state index contributed by atoms with van der Waals surface area (Å²) in [5.41, 5.74) is 2.16. The van der Waals surface area contributed by atoms with Crippen LogP contribution in [-0.2, 0) is 6.54 Å². The standard InChI is InChI=1S/C24H23N5O2/c1-17(2)23-25-13-14-28(23)16-18-7-6-8-19(15-18)26-24(31)21-11-12-22(30)29(27-21)20-9-4-3-5-10-20/h3-15,17H,16H2,1-2H3,(H,26,31). The molecule has 2 aromatic heterocycles. The SMILES string of the molecule is CC(C)c1nccn1Cc1cccc(NC(=O)c2ccc(=O)n(-c3ccccc3)n2)c1. The Morgan fingerprint density at radius 2 is 1.84 bits per heavy atom. The van der Waals surface area contributed by atoms with Crippen LogP contribution in [0.1, 0.15) is 41.6 Å². The van der Waals surface area contributed by atoms with Crippen molar-refractivity contribution in [3.8, 4) is 5.69 Å². The molecule has 2 aromatic carbocycles. The largest absolute Gasteiger partial charge is 0.330 e. The van der Waals surface area contributed by atoms with E-state index in [1.807, 2.05) is 48.7 Å². The lowest BCUT2D eigenvalue weighted by atomic mass is 10.1. The minimum atomic E-state index is -0.382. The number of nitrogens with zero attached hydrogens (tertiary/aromatic N) is 4. The third kappa shape index (κ3) is 4.61. The second-order valence-corrected chi connectivity index (χ2v) is 7.53. The predicted octanol–water partition coefficient (Wildman–Crippen LogP) is 3.85. The quantitative estimate of drug-likeness (QED) is 0.521. The van der Waals surface area contributed by atoms with E-state index in [0.717, 1.165) is 11.4 Å². The van der Waals surface area contributed by atoms with E-state index in [4.69, 9.17) is 0 Å². The Labute approximate surface area is 180 Å². The molecule has 4 aromatic rings. The number of anilines is 1. The Kier molecular flexibility index (Phi) is 5.75. The molecule has 7 nitrogen and oxygen atoms in total. The van der Waals surface area contributed by atoms with Gasteiger partial charge >= 0.3 is 0 Å². The number of imidazole rings is 1. The van der Waals surface area contributed by atoms with E-state index in [2.05, 4.69) is 33.8 Å². The van der Waals surface area contributed by atoms with Gasteiger partial charge in [0.2, 0.25) is 0 Å². The van der Waals surface area contributed by atoms with E-state index in [1.165, 1.54) is 16.8 Å². The van der Waals surface area contributed by atoms with Gasteiger partial charge in [0, 0.05) is 36.6 Å². The molecule has 7 heteroatoms. The highest BCUT2D eigenvalue weighted by Gasteiger charge is 2.12. The molecule has 0 spiro atoms. The van der Waals surface area contributed by atoms with Crippen LogP contribution in [0, 0.1) is 0 Å². The summed E-state index contributed by atoms with van der Waals surface area (Å²) in [4.78, 5) is 29.4. The van der Waals surface area contributed by atoms with Crippen LogP contribution in [0.3, 0.4) is 0 Å². The Balaban J connectivity index is 1.54. The van der Waals surface area contributed by atoms with Crippen molar-refractivity contribution < 1.29 is 4.79 Å². The number of aromatic nitrogens is 4. The molecule has 1 amide bonds. The summed E-state index contributed by atoms with van der Waals surface area (Å²) in [7, 11) is 0. The Bertz CT molecular complexity index is 1260. The van der Waals surface area contributed by atoms with Crippen molar-refractivity contribution in [3.05, 3.63) is 107 Å². The summed E-state index contributed by atoms with van der Waals surface area (Å²) in [5.74, 6) is 0.957. The number of nitrogens with one attached hydrogen (secondary N) is 1. The van der Waals surface area contributed by atoms with Crippen LogP contribution < -0.4 is 10.9 Å². The Morgan fingerprint density at radius 1 is 1.03 bits per heavy atom. The average molecular weight is 413 g/mol. The summed E-state index contributed by atoms with van der Waals surface area (Å²) in [6, 6.07) is 19.4. The molecular weight excluding hydrogens is 390 g/mol. The van der Waals surface area contributed by atoms with E-state index in [9.17, 15) is 9.59 Å². The molecule has 0 aliphatic rings. The number of carbonyl (C=O) groups excluding carboxylic acids is 1. The minimum absolute atomic E-state index is 0.158. The Hall–Kier alpha value is -4.00. The van der Waals surface area contributed by atoms with Crippen LogP contribution in [0.25, 0.3) is 5.69 Å². The number of benzene rings is 2. The monoisotopic (exact) mass is 413 g/mol. The topological polar surface area (TPSA) is 81.8 Å². The second kappa shape index (κ2) is 8.79. The maximum absolute atomic E-state index is 12.8. The average Bonchev–Trinajstić information content (AvgIpc) is 3.23. The first kappa shape index (κ1) is 20.3. The fraction of sp³-hybridized carbons (Fsp3) is 0.167. The van der Waals surface area contributed by atoms with Gasteiger partial charge in [-0.3, -0.25) is 9.59 Å². The molecule has 0 fully saturated rings. The van der Waals surface area contributed by atoms with E-state index >= 15 is 0 Å². The summed E-state index contributed by atoms with van der Waals surface area (Å²) < 4.78 is 3.32. The zero-order valence-corrected chi connectivity index (χ0v) is 17.4. The molecule has 31 heavy (non-hydrogen) atoms. The highest BCUT2D eigenvalue weighted by molar-refractivity contribution is 6.02. The molecule has 0 bridgehead atoms. The molecule has 4 rings (SSSR count). The van der Waals surface area contributed by atoms with Crippen LogP contribution in [-0.4, -0.2) is 25.2 Å². The van der Waals surface area contributed by atoms with E-state index < -0.39 is 0 Å². The van der Waals surface area contributed by atoms with Gasteiger partial charge in [-0.1, -0.05) is 44.2 Å². The third-order valence-corrected chi connectivity index (χ3v) is 4.84. The summed E-state index contributed by atoms with van der Waals surface area (Å²) in [6.07, 6.45) is 3.76. The summed E-state index contributed by atoms with van der Waals surface area (Å²) in [6.45, 7) is 4.88. The maximum atomic E-state index is 12.8. The first-order valence-electron chi connectivity index (χ1n) is 10.1. The van der Waals surface area contributed by atoms with Gasteiger partial charge in [-0.25, -0.2) is 4.98 Å². The molecule has 0 saturated heterocycles. The van der Waals surface area contributed by atoms with Crippen molar-refractivity contribution in [3.63, 3.8) is 0 Å². The maximum Gasteiger partial charge on any atom is 0.276 e. The number of hydrogen-bond acceptors (Lipinski definition) is 4. The number of rotatable bonds is 6. The van der Waals surface area contributed by atoms with Crippen LogP contribution in [0.5, 0.6) is 0 Å². The van der Waals surface area contributed by atoms with Gasteiger partial charge in [-0.05, 0) is 35.9 Å². The zero-order chi connectivity index (χ0) is 21.8. The van der Waals surface area contributed by atoms with Crippen molar-refractivity contribution in [1.82, 2.24) is 19.3 Å². The molecule has 0 aliphatic heterocycles. The fourth-order valence-electron chi connectivity index (χ4n) is 3.38. The highest BCUT2D eigenvalue weighted by atomic mass is 16.2. The van der Waals surface area contributed by atoms with Gasteiger partial charge in [0.15, 0.2) is 0 Å². The van der Waals surface area contributed by atoms with Gasteiger partial charge in [-0.2, -0.15) is 9.78 Å². The smallest absolute Gasteiger partial charge is 0.276 e. The van der Waals surface area contributed by atoms with Crippen LogP contribution in [0.15, 0.2) is 83.9 Å². The van der Waals surface area contributed by atoms with Crippen molar-refractivity contribution in [1.29, 1.82) is 0 Å². The van der Waals surface area contributed by atoms with E-state index in [-0.39, 0.29) is 17.2 Å². The van der Waals surface area contributed by atoms with E-state index in [0.29, 0.717) is 23.8 Å². The molecule has 156 valence electrons. The summed E-state index contributed by atoms with van der Waals surface area (Å²) in [5, 5.41) is 7.10. The van der Waals surface area contributed by atoms with Gasteiger partial charge in [0.1, 0.15) is 11.5 Å². The minimum Gasteiger partial charge on any atom is -0.330 e. The molecular formula is C24H23N5O2. The number of para-hydroxylation sites is 1. The van der Waals surface area contributed by atoms with Crippen LogP contribution >= 0.6 is 0 Å². The lowest BCUT2D eigenvalue weighted by Crippen LogP contribution is -2.24. The lowest BCUT2D eigenvalue weighted by molar-refractivity contribution is 0.102. The molecule has 0 saturated carbocycles. The molecule has 2 heterocycles. The van der Waals surface area contributed by atoms with Gasteiger partial charge in [-0.15, -0.1) is 0 Å². The van der Waals surface area contributed by atoms with Crippen LogP contribution in [0.2, 0.25) is 0 Å². The Morgan fingerprint density at radius 3 is 2.61 bits per heavy atom. The van der Waals surface area contributed by atoms with E-state index in [1.54, 1.807) is 18.3 Å². The van der Waals surface area contributed by atoms with Crippen molar-refractivity contribution in [2.24, 2.45) is 0 Å². The number of carbonyl (C=O) groups is 1. The lowest BCUT2D eigenvalue weighted by Gasteiger charge is -2.12.